The molecule has 1 saturated heterocycles. The van der Waals surface area contributed by atoms with Crippen LogP contribution in [-0.2, 0) is 25.8 Å². The minimum absolute atomic E-state index is 0.0100. The summed E-state index contributed by atoms with van der Waals surface area (Å²) in [5, 5.41) is 43.4. The second-order valence-electron chi connectivity index (χ2n) is 6.34. The summed E-state index contributed by atoms with van der Waals surface area (Å²) < 4.78 is 41.7. The Balaban J connectivity index is 1.83. The van der Waals surface area contributed by atoms with Gasteiger partial charge in [-0.05, 0) is 17.5 Å². The van der Waals surface area contributed by atoms with Crippen LogP contribution in [0.2, 0.25) is 0 Å². The number of aliphatic hydroxyl groups is 4. The second-order valence-corrected chi connectivity index (χ2v) is 8.48. The molecule has 0 radical (unpaired) electrons. The fraction of sp³-hybridized carbons (Fsp3) is 0.438. The lowest BCUT2D eigenvalue weighted by molar-refractivity contribution is -0.205. The third kappa shape index (κ3) is 5.46. The van der Waals surface area contributed by atoms with E-state index in [1.807, 2.05) is 24.3 Å². The topological polar surface area (TPSA) is 185 Å². The van der Waals surface area contributed by atoms with Gasteiger partial charge < -0.3 is 34.7 Å². The molecule has 2 aromatic rings. The molecule has 0 saturated carbocycles. The van der Waals surface area contributed by atoms with Gasteiger partial charge >= 0.3 is 0 Å². The first-order chi connectivity index (χ1) is 13.7. The minimum atomic E-state index is -5.12. The molecule has 1 fully saturated rings. The van der Waals surface area contributed by atoms with Gasteiger partial charge in [0.15, 0.2) is 0 Å². The van der Waals surface area contributed by atoms with E-state index in [-0.39, 0.29) is 11.5 Å². The second kappa shape index (κ2) is 8.97. The molecule has 11 nitrogen and oxygen atoms in total. The number of nitrogens with one attached hydrogen (secondary N) is 1. The average molecular weight is 447 g/mol. The van der Waals surface area contributed by atoms with Gasteiger partial charge in [-0.25, -0.2) is 0 Å². The van der Waals surface area contributed by atoms with Gasteiger partial charge in [0.2, 0.25) is 0 Å². The Bertz CT molecular complexity index is 943. The van der Waals surface area contributed by atoms with Crippen LogP contribution in [0, 0.1) is 0 Å². The Hall–Kier alpha value is -1.71. The van der Waals surface area contributed by atoms with E-state index in [4.69, 9.17) is 4.74 Å². The number of aromatic nitrogens is 1. The van der Waals surface area contributed by atoms with Crippen molar-refractivity contribution in [3.05, 3.63) is 36.0 Å². The predicted molar refractivity (Wildman–Crippen MR) is 102 cm³/mol. The zero-order valence-corrected chi connectivity index (χ0v) is 16.4. The predicted octanol–water partition coefficient (Wildman–Crippen LogP) is -0.966. The smallest absolute Gasteiger partial charge is 0.284 e. The first-order valence-corrected chi connectivity index (χ1v) is 10.6. The summed E-state index contributed by atoms with van der Waals surface area (Å²) in [5.41, 5.74) is 0.206. The summed E-state index contributed by atoms with van der Waals surface area (Å²) in [6.07, 6.45) is -5.89. The molecule has 2 heterocycles. The molecule has 3 rings (SSSR count). The molecule has 1 aromatic heterocycles. The number of fused-ring (bicyclic) bond motifs is 1. The minimum Gasteiger partial charge on any atom is -0.714 e. The monoisotopic (exact) mass is 447 g/mol. The van der Waals surface area contributed by atoms with E-state index in [1.165, 1.54) is 0 Å². The van der Waals surface area contributed by atoms with Gasteiger partial charge in [-0.1, -0.05) is 35.1 Å². The molecule has 0 spiro atoms. The number of nitrogens with zero attached hydrogens (tertiary/aromatic N) is 1. The number of para-hydroxylation sites is 1. The van der Waals surface area contributed by atoms with E-state index >= 15 is 0 Å². The van der Waals surface area contributed by atoms with Crippen LogP contribution in [0.25, 0.3) is 10.9 Å². The maximum atomic E-state index is 10.8. The normalized spacial score (nSPS) is 28.6. The maximum absolute atomic E-state index is 10.8. The highest BCUT2D eigenvalue weighted by atomic mass is 32.3. The van der Waals surface area contributed by atoms with Crippen LogP contribution in [0.15, 0.2) is 35.5 Å². The molecule has 0 bridgehead atoms. The quantitative estimate of drug-likeness (QED) is 0.121. The number of thioether (sulfide) groups is 1. The van der Waals surface area contributed by atoms with Crippen molar-refractivity contribution in [2.75, 3.05) is 6.61 Å². The number of hydrogen-bond acceptors (Lipinski definition) is 11. The number of aliphatic hydroxyl groups excluding tert-OH is 4. The van der Waals surface area contributed by atoms with E-state index in [1.54, 1.807) is 6.07 Å². The molecule has 5 atom stereocenters. The highest BCUT2D eigenvalue weighted by Crippen LogP contribution is 2.30. The van der Waals surface area contributed by atoms with Crippen molar-refractivity contribution < 1.29 is 42.4 Å². The van der Waals surface area contributed by atoms with Crippen LogP contribution >= 0.6 is 11.8 Å². The van der Waals surface area contributed by atoms with Gasteiger partial charge in [0.25, 0.3) is 10.4 Å². The molecular formula is C16H19N2O9S2-. The number of H-pyrrole nitrogens is 1. The lowest BCUT2D eigenvalue weighted by atomic mass is 10.0. The SMILES string of the molecule is O=S(=O)([O-])ON=C(Cc1cc2ccccc2[nH]1)SC1OC(CO)C(O)C(O)C1O. The molecule has 0 amide bonds. The zero-order chi connectivity index (χ0) is 21.2. The van der Waals surface area contributed by atoms with Crippen LogP contribution in [0.3, 0.4) is 0 Å². The molecule has 5 unspecified atom stereocenters. The van der Waals surface area contributed by atoms with Crippen molar-refractivity contribution in [1.82, 2.24) is 4.98 Å². The van der Waals surface area contributed by atoms with Gasteiger partial charge in [-0.15, -0.1) is 0 Å². The van der Waals surface area contributed by atoms with Crippen molar-refractivity contribution in [2.24, 2.45) is 5.16 Å². The number of hydrogen-bond donors (Lipinski definition) is 5. The fourth-order valence-electron chi connectivity index (χ4n) is 2.87. The third-order valence-corrected chi connectivity index (χ3v) is 5.63. The van der Waals surface area contributed by atoms with Crippen LogP contribution < -0.4 is 0 Å². The Kier molecular flexibility index (Phi) is 6.80. The van der Waals surface area contributed by atoms with Gasteiger partial charge in [0, 0.05) is 17.6 Å². The van der Waals surface area contributed by atoms with Crippen LogP contribution in [0.1, 0.15) is 5.69 Å². The highest BCUT2D eigenvalue weighted by molar-refractivity contribution is 8.14. The summed E-state index contributed by atoms with van der Waals surface area (Å²) in [5.74, 6) is 0. The standard InChI is InChI=1S/C16H20N2O9S2/c19-7-11-13(20)14(21)15(22)16(26-11)28-12(18-27-29(23,24)25)6-9-5-8-3-1-2-4-10(8)17-9/h1-5,11,13-17,19-22H,6-7H2,(H,23,24,25)/p-1. The summed E-state index contributed by atoms with van der Waals surface area (Å²) in [4.78, 5) is 3.10. The van der Waals surface area contributed by atoms with Gasteiger partial charge in [0.1, 0.15) is 34.9 Å². The average Bonchev–Trinajstić information content (AvgIpc) is 3.08. The number of rotatable bonds is 6. The molecule has 1 aromatic carbocycles. The Morgan fingerprint density at radius 3 is 2.62 bits per heavy atom. The van der Waals surface area contributed by atoms with Crippen molar-refractivity contribution in [1.29, 1.82) is 0 Å². The van der Waals surface area contributed by atoms with Gasteiger partial charge in [0.05, 0.1) is 6.61 Å². The molecule has 29 heavy (non-hydrogen) atoms. The summed E-state index contributed by atoms with van der Waals surface area (Å²) >= 11 is 0.691. The molecule has 1 aliphatic heterocycles. The largest absolute Gasteiger partial charge is 0.714 e. The molecule has 0 aliphatic carbocycles. The first kappa shape index (κ1) is 22.0. The lowest BCUT2D eigenvalue weighted by Gasteiger charge is -2.39. The van der Waals surface area contributed by atoms with E-state index in [2.05, 4.69) is 14.4 Å². The molecule has 1 aliphatic rings. The van der Waals surface area contributed by atoms with Crippen LogP contribution in [0.5, 0.6) is 0 Å². The maximum Gasteiger partial charge on any atom is 0.284 e. The summed E-state index contributed by atoms with van der Waals surface area (Å²) in [7, 11) is -5.12. The first-order valence-electron chi connectivity index (χ1n) is 8.43. The molecule has 160 valence electrons. The van der Waals surface area contributed by atoms with Crippen molar-refractivity contribution >= 4 is 38.1 Å². The Labute approximate surface area is 169 Å². The molecular weight excluding hydrogens is 428 g/mol. The number of benzene rings is 1. The van der Waals surface area contributed by atoms with Crippen LogP contribution in [0.4, 0.5) is 0 Å². The van der Waals surface area contributed by atoms with E-state index < -0.39 is 46.9 Å². The van der Waals surface area contributed by atoms with Crippen molar-refractivity contribution in [3.8, 4) is 0 Å². The summed E-state index contributed by atoms with van der Waals surface area (Å²) in [6, 6.07) is 9.14. The lowest BCUT2D eigenvalue weighted by Crippen LogP contribution is -2.57. The highest BCUT2D eigenvalue weighted by Gasteiger charge is 2.44. The van der Waals surface area contributed by atoms with Gasteiger partial charge in [-0.2, -0.15) is 8.42 Å². The Morgan fingerprint density at radius 2 is 1.97 bits per heavy atom. The number of aromatic amines is 1. The molecule has 5 N–H and O–H groups in total. The van der Waals surface area contributed by atoms with E-state index in [0.717, 1.165) is 10.9 Å². The van der Waals surface area contributed by atoms with Gasteiger partial charge in [-0.3, -0.25) is 4.28 Å². The zero-order valence-electron chi connectivity index (χ0n) is 14.8. The number of oxime groups is 1. The van der Waals surface area contributed by atoms with E-state index in [0.29, 0.717) is 17.5 Å². The Morgan fingerprint density at radius 1 is 1.24 bits per heavy atom. The molecule has 13 heteroatoms. The van der Waals surface area contributed by atoms with E-state index in [9.17, 15) is 33.4 Å². The number of ether oxygens (including phenoxy) is 1. The van der Waals surface area contributed by atoms with Crippen LogP contribution in [-0.4, -0.2) is 79.9 Å². The fourth-order valence-corrected chi connectivity index (χ4v) is 4.19. The third-order valence-electron chi connectivity index (χ3n) is 4.26. The van der Waals surface area contributed by atoms with Crippen molar-refractivity contribution in [2.45, 2.75) is 36.3 Å². The summed E-state index contributed by atoms with van der Waals surface area (Å²) in [6.45, 7) is -0.623. The van der Waals surface area contributed by atoms with Crippen molar-refractivity contribution in [3.63, 3.8) is 0 Å².